The van der Waals surface area contributed by atoms with Gasteiger partial charge in [-0.2, -0.15) is 25.3 Å². The van der Waals surface area contributed by atoms with Crippen LogP contribution in [0.5, 0.6) is 5.75 Å². The van der Waals surface area contributed by atoms with Gasteiger partial charge in [-0.1, -0.05) is 12.1 Å². The Morgan fingerprint density at radius 3 is 1.69 bits per heavy atom. The maximum Gasteiger partial charge on any atom is 0.295 e. The molecule has 4 rings (SSSR count). The van der Waals surface area contributed by atoms with Gasteiger partial charge in [0.25, 0.3) is 30.4 Å². The maximum atomic E-state index is 11.9. The summed E-state index contributed by atoms with van der Waals surface area (Å²) in [7, 11) is -14.7. The zero-order valence-corrected chi connectivity index (χ0v) is 16.4. The van der Waals surface area contributed by atoms with Gasteiger partial charge in [0.2, 0.25) is 0 Å². The molecule has 29 heavy (non-hydrogen) atoms. The van der Waals surface area contributed by atoms with Crippen LogP contribution in [0.25, 0.3) is 32.3 Å². The number of hydrogen-bond donors (Lipinski definition) is 4. The van der Waals surface area contributed by atoms with Crippen molar-refractivity contribution in [1.82, 2.24) is 0 Å². The van der Waals surface area contributed by atoms with E-state index in [0.29, 0.717) is 6.07 Å². The van der Waals surface area contributed by atoms with Crippen LogP contribution < -0.4 is 0 Å². The molecule has 0 heterocycles. The molecule has 0 aliphatic heterocycles. The zero-order valence-electron chi connectivity index (χ0n) is 13.9. The Hall–Kier alpha value is -2.55. The van der Waals surface area contributed by atoms with Crippen LogP contribution in [0.1, 0.15) is 0 Å². The molecule has 10 nitrogen and oxygen atoms in total. The predicted octanol–water partition coefficient (Wildman–Crippen LogP) is 2.03. The number of hydrogen-bond acceptors (Lipinski definition) is 7. The molecule has 0 atom stereocenters. The van der Waals surface area contributed by atoms with Gasteiger partial charge >= 0.3 is 0 Å². The topological polar surface area (TPSA) is 183 Å². The summed E-state index contributed by atoms with van der Waals surface area (Å²) in [5.74, 6) is -0.579. The van der Waals surface area contributed by atoms with E-state index in [-0.39, 0.29) is 26.9 Å². The minimum absolute atomic E-state index is 0.0286. The fraction of sp³-hybridized carbons (Fsp3) is 0. The van der Waals surface area contributed by atoms with Crippen molar-refractivity contribution in [3.63, 3.8) is 0 Å². The fourth-order valence-corrected chi connectivity index (χ4v) is 5.66. The molecule has 0 amide bonds. The number of phenolic OH excluding ortho intramolecular Hbond substituents is 1. The van der Waals surface area contributed by atoms with Crippen LogP contribution in [0.15, 0.2) is 51.1 Å². The normalized spacial score (nSPS) is 13.6. The van der Waals surface area contributed by atoms with Gasteiger partial charge in [0.15, 0.2) is 0 Å². The monoisotopic (exact) mass is 458 g/mol. The van der Waals surface area contributed by atoms with E-state index in [4.69, 9.17) is 0 Å². The fourth-order valence-electron chi connectivity index (χ4n) is 3.53. The number of rotatable bonds is 3. The molecule has 152 valence electrons. The minimum Gasteiger partial charge on any atom is -0.507 e. The summed E-state index contributed by atoms with van der Waals surface area (Å²) in [5.41, 5.74) is 0. The zero-order chi connectivity index (χ0) is 21.5. The van der Waals surface area contributed by atoms with Gasteiger partial charge in [-0.15, -0.1) is 0 Å². The van der Waals surface area contributed by atoms with Gasteiger partial charge in [0.05, 0.1) is 0 Å². The van der Waals surface area contributed by atoms with Crippen molar-refractivity contribution >= 4 is 62.7 Å². The quantitative estimate of drug-likeness (QED) is 0.262. The van der Waals surface area contributed by atoms with E-state index in [1.807, 2.05) is 0 Å². The highest BCUT2D eigenvalue weighted by Gasteiger charge is 2.28. The molecule has 13 heteroatoms. The van der Waals surface area contributed by atoms with Crippen molar-refractivity contribution in [3.8, 4) is 5.75 Å². The highest BCUT2D eigenvalue weighted by Crippen LogP contribution is 2.45. The van der Waals surface area contributed by atoms with E-state index in [1.165, 1.54) is 6.07 Å². The summed E-state index contributed by atoms with van der Waals surface area (Å²) in [6.07, 6.45) is 0. The van der Waals surface area contributed by atoms with Crippen LogP contribution in [0, 0.1) is 0 Å². The molecular formula is C16H10O10S3. The van der Waals surface area contributed by atoms with Gasteiger partial charge < -0.3 is 5.11 Å². The number of benzene rings is 4. The first-order chi connectivity index (χ1) is 13.2. The SMILES string of the molecule is O=S(=O)(O)c1cc2ccc(O)c3c(S(=O)(=O)O)cc4c(S(=O)(=O)O)ccc1c4c23. The first-order valence-electron chi connectivity index (χ1n) is 7.61. The molecule has 4 aromatic rings. The van der Waals surface area contributed by atoms with Crippen molar-refractivity contribution < 1.29 is 44.0 Å². The molecule has 0 aliphatic carbocycles. The lowest BCUT2D eigenvalue weighted by Crippen LogP contribution is -2.06. The second-order valence-electron chi connectivity index (χ2n) is 6.27. The second-order valence-corrected chi connectivity index (χ2v) is 10.4. The van der Waals surface area contributed by atoms with E-state index in [1.54, 1.807) is 0 Å². The number of phenols is 1. The lowest BCUT2D eigenvalue weighted by molar-refractivity contribution is 0.474. The minimum atomic E-state index is -4.98. The second kappa shape index (κ2) is 5.75. The van der Waals surface area contributed by atoms with E-state index < -0.39 is 56.2 Å². The molecule has 0 radical (unpaired) electrons. The van der Waals surface area contributed by atoms with Crippen LogP contribution in [-0.2, 0) is 30.4 Å². The summed E-state index contributed by atoms with van der Waals surface area (Å²) in [6, 6.07) is 5.84. The van der Waals surface area contributed by atoms with Gasteiger partial charge in [0.1, 0.15) is 20.4 Å². The largest absolute Gasteiger partial charge is 0.507 e. The number of aromatic hydroxyl groups is 1. The summed E-state index contributed by atoms with van der Waals surface area (Å²) in [4.78, 5) is -2.19. The van der Waals surface area contributed by atoms with Gasteiger partial charge in [0, 0.05) is 26.9 Å². The van der Waals surface area contributed by atoms with E-state index in [0.717, 1.165) is 24.3 Å². The molecule has 0 unspecified atom stereocenters. The van der Waals surface area contributed by atoms with Gasteiger partial charge in [-0.05, 0) is 29.7 Å². The Kier molecular flexibility index (Phi) is 3.91. The molecule has 0 fully saturated rings. The molecule has 0 saturated carbocycles. The first-order valence-corrected chi connectivity index (χ1v) is 11.9. The van der Waals surface area contributed by atoms with Crippen LogP contribution in [0.2, 0.25) is 0 Å². The van der Waals surface area contributed by atoms with Crippen molar-refractivity contribution in [3.05, 3.63) is 36.4 Å². The first kappa shape index (κ1) is 19.8. The molecule has 0 spiro atoms. The third-order valence-electron chi connectivity index (χ3n) is 4.58. The van der Waals surface area contributed by atoms with Crippen LogP contribution in [0.3, 0.4) is 0 Å². The molecule has 4 aromatic carbocycles. The van der Waals surface area contributed by atoms with E-state index in [9.17, 15) is 44.0 Å². The molecule has 4 N–H and O–H groups in total. The lowest BCUT2D eigenvalue weighted by atomic mass is 9.93. The molecule has 0 aromatic heterocycles. The van der Waals surface area contributed by atoms with E-state index in [2.05, 4.69) is 0 Å². The Labute approximate surface area is 163 Å². The third-order valence-corrected chi connectivity index (χ3v) is 7.26. The molecule has 0 saturated heterocycles. The average molecular weight is 458 g/mol. The highest BCUT2D eigenvalue weighted by molar-refractivity contribution is 7.86. The van der Waals surface area contributed by atoms with E-state index >= 15 is 0 Å². The maximum absolute atomic E-state index is 11.9. The highest BCUT2D eigenvalue weighted by atomic mass is 32.2. The standard InChI is InChI=1S/C16H10O10S3/c17-10-3-1-7-5-12(28(21,22)23)8-2-4-11(27(18,19)20)9-6-13(29(24,25)26)16(10)14(7)15(8)9/h1-6,17H,(H,18,19,20)(H,21,22,23)(H,24,25,26). The van der Waals surface area contributed by atoms with Crippen LogP contribution >= 0.6 is 0 Å². The van der Waals surface area contributed by atoms with Crippen molar-refractivity contribution in [2.45, 2.75) is 14.7 Å². The Morgan fingerprint density at radius 1 is 0.552 bits per heavy atom. The summed E-state index contributed by atoms with van der Waals surface area (Å²) in [5, 5.41) is 9.05. The Morgan fingerprint density at radius 2 is 1.14 bits per heavy atom. The Balaban J connectivity index is 2.51. The Bertz CT molecular complexity index is 1670. The van der Waals surface area contributed by atoms with Gasteiger partial charge in [-0.3, -0.25) is 13.7 Å². The lowest BCUT2D eigenvalue weighted by Gasteiger charge is -2.17. The molecular weight excluding hydrogens is 448 g/mol. The van der Waals surface area contributed by atoms with Crippen molar-refractivity contribution in [2.24, 2.45) is 0 Å². The van der Waals surface area contributed by atoms with Crippen molar-refractivity contribution in [1.29, 1.82) is 0 Å². The summed E-state index contributed by atoms with van der Waals surface area (Å²) >= 11 is 0. The third kappa shape index (κ3) is 2.90. The summed E-state index contributed by atoms with van der Waals surface area (Å²) in [6.45, 7) is 0. The van der Waals surface area contributed by atoms with Crippen molar-refractivity contribution in [2.75, 3.05) is 0 Å². The average Bonchev–Trinajstić information content (AvgIpc) is 2.57. The van der Waals surface area contributed by atoms with Gasteiger partial charge in [-0.25, -0.2) is 0 Å². The smallest absolute Gasteiger partial charge is 0.295 e. The summed E-state index contributed by atoms with van der Waals surface area (Å²) < 4.78 is 100.0. The molecule has 0 aliphatic rings. The van der Waals surface area contributed by atoms with Crippen LogP contribution in [0.4, 0.5) is 0 Å². The predicted molar refractivity (Wildman–Crippen MR) is 101 cm³/mol. The molecule has 0 bridgehead atoms. The van der Waals surface area contributed by atoms with Crippen LogP contribution in [-0.4, -0.2) is 44.0 Å².